The van der Waals surface area contributed by atoms with Gasteiger partial charge in [0.25, 0.3) is 0 Å². The van der Waals surface area contributed by atoms with Crippen LogP contribution in [0.1, 0.15) is 12.5 Å². The van der Waals surface area contributed by atoms with Gasteiger partial charge in [0.2, 0.25) is 0 Å². The van der Waals surface area contributed by atoms with Crippen molar-refractivity contribution in [1.29, 1.82) is 0 Å². The van der Waals surface area contributed by atoms with Crippen molar-refractivity contribution >= 4 is 10.8 Å². The minimum absolute atomic E-state index is 0.607. The largest absolute Gasteiger partial charge is 0.497 e. The average molecular weight is 270 g/mol. The summed E-state index contributed by atoms with van der Waals surface area (Å²) in [5, 5.41) is 5.96. The van der Waals surface area contributed by atoms with Gasteiger partial charge in [0.15, 0.2) is 0 Å². The SMILES string of the molecule is COc1ccc2cc(CN3CCNCC3C)ccc2c1. The van der Waals surface area contributed by atoms with Crippen LogP contribution >= 0.6 is 0 Å². The molecule has 1 unspecified atom stereocenters. The molecular weight excluding hydrogens is 248 g/mol. The molecule has 1 N–H and O–H groups in total. The first-order valence-corrected chi connectivity index (χ1v) is 7.28. The molecule has 0 saturated carbocycles. The summed E-state index contributed by atoms with van der Waals surface area (Å²) >= 11 is 0. The van der Waals surface area contributed by atoms with Gasteiger partial charge in [0.05, 0.1) is 7.11 Å². The molecular formula is C17H22N2O. The number of piperazine rings is 1. The predicted molar refractivity (Wildman–Crippen MR) is 83.2 cm³/mol. The van der Waals surface area contributed by atoms with E-state index in [1.807, 2.05) is 6.07 Å². The van der Waals surface area contributed by atoms with Gasteiger partial charge in [-0.15, -0.1) is 0 Å². The highest BCUT2D eigenvalue weighted by molar-refractivity contribution is 5.84. The van der Waals surface area contributed by atoms with Gasteiger partial charge in [0.1, 0.15) is 5.75 Å². The number of nitrogens with one attached hydrogen (secondary N) is 1. The van der Waals surface area contributed by atoms with Crippen molar-refractivity contribution in [3.05, 3.63) is 42.0 Å². The van der Waals surface area contributed by atoms with E-state index in [-0.39, 0.29) is 0 Å². The van der Waals surface area contributed by atoms with Crippen LogP contribution in [-0.4, -0.2) is 37.7 Å². The van der Waals surface area contributed by atoms with Crippen LogP contribution in [0.5, 0.6) is 5.75 Å². The molecule has 1 aliphatic rings. The van der Waals surface area contributed by atoms with Crippen molar-refractivity contribution in [2.45, 2.75) is 19.5 Å². The van der Waals surface area contributed by atoms with Crippen LogP contribution in [0, 0.1) is 0 Å². The van der Waals surface area contributed by atoms with Gasteiger partial charge in [0, 0.05) is 32.2 Å². The van der Waals surface area contributed by atoms with Crippen molar-refractivity contribution in [2.75, 3.05) is 26.7 Å². The predicted octanol–water partition coefficient (Wildman–Crippen LogP) is 2.64. The topological polar surface area (TPSA) is 24.5 Å². The van der Waals surface area contributed by atoms with Gasteiger partial charge in [-0.05, 0) is 41.5 Å². The second-order valence-corrected chi connectivity index (χ2v) is 5.57. The molecule has 1 heterocycles. The normalized spacial score (nSPS) is 20.2. The summed E-state index contributed by atoms with van der Waals surface area (Å²) in [7, 11) is 1.71. The number of ether oxygens (including phenoxy) is 1. The molecule has 1 atom stereocenters. The number of methoxy groups -OCH3 is 1. The zero-order valence-electron chi connectivity index (χ0n) is 12.2. The summed E-state index contributed by atoms with van der Waals surface area (Å²) in [6.45, 7) is 6.63. The summed E-state index contributed by atoms with van der Waals surface area (Å²) in [4.78, 5) is 2.54. The van der Waals surface area contributed by atoms with Crippen LogP contribution in [0.25, 0.3) is 10.8 Å². The minimum Gasteiger partial charge on any atom is -0.497 e. The van der Waals surface area contributed by atoms with Crippen molar-refractivity contribution < 1.29 is 4.74 Å². The van der Waals surface area contributed by atoms with E-state index in [1.165, 1.54) is 16.3 Å². The van der Waals surface area contributed by atoms with E-state index in [2.05, 4.69) is 47.5 Å². The van der Waals surface area contributed by atoms with Crippen LogP contribution < -0.4 is 10.1 Å². The van der Waals surface area contributed by atoms with Gasteiger partial charge in [-0.3, -0.25) is 4.90 Å². The molecule has 3 nitrogen and oxygen atoms in total. The highest BCUT2D eigenvalue weighted by atomic mass is 16.5. The second kappa shape index (κ2) is 5.81. The van der Waals surface area contributed by atoms with Gasteiger partial charge >= 0.3 is 0 Å². The Morgan fingerprint density at radius 2 is 2.00 bits per heavy atom. The molecule has 0 bridgehead atoms. The van der Waals surface area contributed by atoms with Gasteiger partial charge < -0.3 is 10.1 Å². The first-order valence-electron chi connectivity index (χ1n) is 7.28. The molecule has 2 aromatic carbocycles. The quantitative estimate of drug-likeness (QED) is 0.928. The molecule has 20 heavy (non-hydrogen) atoms. The van der Waals surface area contributed by atoms with Gasteiger partial charge in [-0.25, -0.2) is 0 Å². The monoisotopic (exact) mass is 270 g/mol. The molecule has 0 aliphatic carbocycles. The van der Waals surface area contributed by atoms with Gasteiger partial charge in [-0.2, -0.15) is 0 Å². The summed E-state index contributed by atoms with van der Waals surface area (Å²) in [6.07, 6.45) is 0. The highest BCUT2D eigenvalue weighted by Crippen LogP contribution is 2.22. The van der Waals surface area contributed by atoms with Crippen LogP contribution in [-0.2, 0) is 6.54 Å². The van der Waals surface area contributed by atoms with Crippen molar-refractivity contribution in [3.63, 3.8) is 0 Å². The maximum absolute atomic E-state index is 5.27. The standard InChI is InChI=1S/C17H22N2O/c1-13-11-18-7-8-19(13)12-14-3-4-16-10-17(20-2)6-5-15(16)9-14/h3-6,9-10,13,18H,7-8,11-12H2,1-2H3. The fraction of sp³-hybridized carbons (Fsp3) is 0.412. The van der Waals surface area contributed by atoms with E-state index < -0.39 is 0 Å². The number of rotatable bonds is 3. The van der Waals surface area contributed by atoms with E-state index in [0.29, 0.717) is 6.04 Å². The van der Waals surface area contributed by atoms with E-state index in [0.717, 1.165) is 31.9 Å². The molecule has 1 saturated heterocycles. The zero-order chi connectivity index (χ0) is 13.9. The average Bonchev–Trinajstić information content (AvgIpc) is 2.49. The summed E-state index contributed by atoms with van der Waals surface area (Å²) in [5.74, 6) is 0.918. The molecule has 2 aromatic rings. The third-order valence-corrected chi connectivity index (χ3v) is 4.14. The Bertz CT molecular complexity index is 597. The van der Waals surface area contributed by atoms with Crippen molar-refractivity contribution in [1.82, 2.24) is 10.2 Å². The lowest BCUT2D eigenvalue weighted by molar-refractivity contribution is 0.166. The lowest BCUT2D eigenvalue weighted by Crippen LogP contribution is -2.49. The maximum atomic E-state index is 5.27. The molecule has 1 aliphatic heterocycles. The summed E-state index contributed by atoms with van der Waals surface area (Å²) < 4.78 is 5.27. The van der Waals surface area contributed by atoms with Crippen LogP contribution in [0.4, 0.5) is 0 Å². The lowest BCUT2D eigenvalue weighted by atomic mass is 10.1. The summed E-state index contributed by atoms with van der Waals surface area (Å²) in [5.41, 5.74) is 1.39. The van der Waals surface area contributed by atoms with E-state index in [4.69, 9.17) is 4.74 Å². The van der Waals surface area contributed by atoms with E-state index in [1.54, 1.807) is 7.11 Å². The molecule has 0 radical (unpaired) electrons. The summed E-state index contributed by atoms with van der Waals surface area (Å²) in [6, 6.07) is 13.6. The zero-order valence-corrected chi connectivity index (χ0v) is 12.2. The van der Waals surface area contributed by atoms with E-state index in [9.17, 15) is 0 Å². The molecule has 3 heteroatoms. The number of benzene rings is 2. The van der Waals surface area contributed by atoms with Crippen molar-refractivity contribution in [3.8, 4) is 5.75 Å². The first-order chi connectivity index (χ1) is 9.76. The molecule has 0 amide bonds. The van der Waals surface area contributed by atoms with E-state index >= 15 is 0 Å². The maximum Gasteiger partial charge on any atom is 0.119 e. The second-order valence-electron chi connectivity index (χ2n) is 5.57. The van der Waals surface area contributed by atoms with Crippen LogP contribution in [0.3, 0.4) is 0 Å². The Kier molecular flexibility index (Phi) is 3.90. The molecule has 3 rings (SSSR count). The van der Waals surface area contributed by atoms with Crippen molar-refractivity contribution in [2.24, 2.45) is 0 Å². The lowest BCUT2D eigenvalue weighted by Gasteiger charge is -2.33. The Balaban J connectivity index is 1.81. The molecule has 0 aromatic heterocycles. The Morgan fingerprint density at radius 1 is 1.20 bits per heavy atom. The Hall–Kier alpha value is -1.58. The molecule has 1 fully saturated rings. The third kappa shape index (κ3) is 2.79. The Labute approximate surface area is 120 Å². The molecule has 106 valence electrons. The highest BCUT2D eigenvalue weighted by Gasteiger charge is 2.17. The minimum atomic E-state index is 0.607. The number of nitrogens with zero attached hydrogens (tertiary/aromatic N) is 1. The Morgan fingerprint density at radius 3 is 2.80 bits per heavy atom. The van der Waals surface area contributed by atoms with Crippen LogP contribution in [0.15, 0.2) is 36.4 Å². The number of fused-ring (bicyclic) bond motifs is 1. The first kappa shape index (κ1) is 13.4. The van der Waals surface area contributed by atoms with Gasteiger partial charge in [-0.1, -0.05) is 18.2 Å². The smallest absolute Gasteiger partial charge is 0.119 e. The number of hydrogen-bond donors (Lipinski definition) is 1. The third-order valence-electron chi connectivity index (χ3n) is 4.14. The fourth-order valence-electron chi connectivity index (χ4n) is 2.85. The number of hydrogen-bond acceptors (Lipinski definition) is 3. The fourth-order valence-corrected chi connectivity index (χ4v) is 2.85. The van der Waals surface area contributed by atoms with Crippen LogP contribution in [0.2, 0.25) is 0 Å². The molecule has 0 spiro atoms.